The molecule has 4 heteroatoms. The van der Waals surface area contributed by atoms with Gasteiger partial charge in [-0.3, -0.25) is 0 Å². The Hall–Kier alpha value is -1.17. The zero-order valence-electron chi connectivity index (χ0n) is 8.94. The summed E-state index contributed by atoms with van der Waals surface area (Å²) in [5, 5.41) is 3.36. The number of nitrogens with zero attached hydrogens (tertiary/aromatic N) is 2. The minimum atomic E-state index is 0.726. The Kier molecular flexibility index (Phi) is 3.71. The third-order valence-electron chi connectivity index (χ3n) is 2.17. The van der Waals surface area contributed by atoms with Crippen molar-refractivity contribution in [2.24, 2.45) is 0 Å². The zero-order chi connectivity index (χ0) is 11.4. The van der Waals surface area contributed by atoms with Crippen LogP contribution in [0.5, 0.6) is 0 Å². The number of hydrogen-bond acceptors (Lipinski definition) is 3. The largest absolute Gasteiger partial charge is 0.379 e. The van der Waals surface area contributed by atoms with E-state index in [1.807, 2.05) is 25.1 Å². The van der Waals surface area contributed by atoms with Crippen LogP contribution in [0, 0.1) is 10.5 Å². The Bertz CT molecular complexity index is 485. The van der Waals surface area contributed by atoms with Crippen molar-refractivity contribution in [1.29, 1.82) is 0 Å². The second-order valence-electron chi connectivity index (χ2n) is 3.43. The number of halogens is 1. The van der Waals surface area contributed by atoms with E-state index in [2.05, 4.69) is 50.0 Å². The van der Waals surface area contributed by atoms with E-state index < -0.39 is 0 Å². The molecule has 0 spiro atoms. The Balaban J connectivity index is 2.05. The van der Waals surface area contributed by atoms with Gasteiger partial charge in [0, 0.05) is 15.5 Å². The molecule has 0 aliphatic rings. The first-order valence-corrected chi connectivity index (χ1v) is 6.10. The molecule has 2 aromatic rings. The Labute approximate surface area is 108 Å². The van der Waals surface area contributed by atoms with E-state index in [0.29, 0.717) is 0 Å². The predicted molar refractivity (Wildman–Crippen MR) is 73.3 cm³/mol. The van der Waals surface area contributed by atoms with Crippen LogP contribution in [0.2, 0.25) is 0 Å². The van der Waals surface area contributed by atoms with Crippen LogP contribution < -0.4 is 5.32 Å². The van der Waals surface area contributed by atoms with Crippen LogP contribution >= 0.6 is 22.6 Å². The first-order valence-electron chi connectivity index (χ1n) is 5.02. The highest BCUT2D eigenvalue weighted by Gasteiger charge is 1.99. The molecule has 16 heavy (non-hydrogen) atoms. The topological polar surface area (TPSA) is 37.8 Å². The molecule has 1 N–H and O–H groups in total. The van der Waals surface area contributed by atoms with Gasteiger partial charge in [0.15, 0.2) is 0 Å². The molecule has 1 aromatic carbocycles. The minimum absolute atomic E-state index is 0.726. The average Bonchev–Trinajstić information content (AvgIpc) is 2.28. The SMILES string of the molecule is Cc1nccc(CNc2ccccc2I)n1. The number of nitrogens with one attached hydrogen (secondary N) is 1. The number of hydrogen-bond donors (Lipinski definition) is 1. The maximum Gasteiger partial charge on any atom is 0.125 e. The van der Waals surface area contributed by atoms with E-state index >= 15 is 0 Å². The van der Waals surface area contributed by atoms with E-state index in [1.165, 1.54) is 3.57 Å². The molecule has 1 aromatic heterocycles. The molecular weight excluding hydrogens is 313 g/mol. The van der Waals surface area contributed by atoms with Gasteiger partial charge >= 0.3 is 0 Å². The summed E-state index contributed by atoms with van der Waals surface area (Å²) in [6, 6.07) is 10.1. The van der Waals surface area contributed by atoms with Gasteiger partial charge in [0.2, 0.25) is 0 Å². The first-order chi connectivity index (χ1) is 7.75. The maximum atomic E-state index is 4.34. The molecule has 0 aliphatic carbocycles. The number of aryl methyl sites for hydroxylation is 1. The lowest BCUT2D eigenvalue weighted by Gasteiger charge is -2.07. The summed E-state index contributed by atoms with van der Waals surface area (Å²) < 4.78 is 1.21. The van der Waals surface area contributed by atoms with Crippen LogP contribution in [0.3, 0.4) is 0 Å². The van der Waals surface area contributed by atoms with E-state index in [1.54, 1.807) is 6.20 Å². The van der Waals surface area contributed by atoms with Gasteiger partial charge in [-0.25, -0.2) is 9.97 Å². The highest BCUT2D eigenvalue weighted by atomic mass is 127. The van der Waals surface area contributed by atoms with Crippen LogP contribution in [0.4, 0.5) is 5.69 Å². The highest BCUT2D eigenvalue weighted by molar-refractivity contribution is 14.1. The number of para-hydroxylation sites is 1. The second kappa shape index (κ2) is 5.25. The molecule has 0 aliphatic heterocycles. The fourth-order valence-electron chi connectivity index (χ4n) is 1.39. The fourth-order valence-corrected chi connectivity index (χ4v) is 1.97. The van der Waals surface area contributed by atoms with Crippen molar-refractivity contribution in [1.82, 2.24) is 9.97 Å². The molecule has 0 amide bonds. The predicted octanol–water partition coefficient (Wildman–Crippen LogP) is 3.00. The summed E-state index contributed by atoms with van der Waals surface area (Å²) in [5.41, 5.74) is 2.14. The van der Waals surface area contributed by atoms with Crippen molar-refractivity contribution in [2.45, 2.75) is 13.5 Å². The molecule has 0 atom stereocenters. The van der Waals surface area contributed by atoms with Crippen molar-refractivity contribution in [2.75, 3.05) is 5.32 Å². The van der Waals surface area contributed by atoms with Crippen molar-refractivity contribution in [3.8, 4) is 0 Å². The van der Waals surface area contributed by atoms with Gasteiger partial charge in [0.25, 0.3) is 0 Å². The third-order valence-corrected chi connectivity index (χ3v) is 3.11. The second-order valence-corrected chi connectivity index (χ2v) is 4.59. The fraction of sp³-hybridized carbons (Fsp3) is 0.167. The molecule has 0 unspecified atom stereocenters. The van der Waals surface area contributed by atoms with Gasteiger partial charge in [0.05, 0.1) is 12.2 Å². The van der Waals surface area contributed by atoms with Gasteiger partial charge < -0.3 is 5.32 Å². The molecule has 0 saturated heterocycles. The van der Waals surface area contributed by atoms with Gasteiger partial charge in [-0.15, -0.1) is 0 Å². The van der Waals surface area contributed by atoms with Gasteiger partial charge in [-0.1, -0.05) is 12.1 Å². The van der Waals surface area contributed by atoms with Crippen LogP contribution in [-0.4, -0.2) is 9.97 Å². The molecular formula is C12H12IN3. The molecule has 3 nitrogen and oxygen atoms in total. The van der Waals surface area contributed by atoms with E-state index in [0.717, 1.165) is 23.8 Å². The Morgan fingerprint density at radius 1 is 1.25 bits per heavy atom. The van der Waals surface area contributed by atoms with E-state index in [9.17, 15) is 0 Å². The summed E-state index contributed by atoms with van der Waals surface area (Å²) in [6.45, 7) is 2.62. The van der Waals surface area contributed by atoms with Crippen molar-refractivity contribution in [3.05, 3.63) is 51.6 Å². The molecule has 82 valence electrons. The number of rotatable bonds is 3. The smallest absolute Gasteiger partial charge is 0.125 e. The normalized spacial score (nSPS) is 10.1. The lowest BCUT2D eigenvalue weighted by atomic mass is 10.3. The van der Waals surface area contributed by atoms with Gasteiger partial charge in [-0.2, -0.15) is 0 Å². The van der Waals surface area contributed by atoms with E-state index in [-0.39, 0.29) is 0 Å². The maximum absolute atomic E-state index is 4.34. The lowest BCUT2D eigenvalue weighted by Crippen LogP contribution is -2.04. The molecule has 0 radical (unpaired) electrons. The summed E-state index contributed by atoms with van der Waals surface area (Å²) >= 11 is 2.31. The minimum Gasteiger partial charge on any atom is -0.379 e. The standard InChI is InChI=1S/C12H12IN3/c1-9-14-7-6-10(16-9)8-15-12-5-3-2-4-11(12)13/h2-7,15H,8H2,1H3. The molecule has 2 rings (SSSR count). The van der Waals surface area contributed by atoms with Crippen LogP contribution in [0.1, 0.15) is 11.5 Å². The monoisotopic (exact) mass is 325 g/mol. The molecule has 1 heterocycles. The Morgan fingerprint density at radius 3 is 2.81 bits per heavy atom. The van der Waals surface area contributed by atoms with Crippen molar-refractivity contribution < 1.29 is 0 Å². The summed E-state index contributed by atoms with van der Waals surface area (Å²) in [6.07, 6.45) is 1.79. The zero-order valence-corrected chi connectivity index (χ0v) is 11.1. The Morgan fingerprint density at radius 2 is 2.06 bits per heavy atom. The van der Waals surface area contributed by atoms with Gasteiger partial charge in [-0.05, 0) is 47.7 Å². The quantitative estimate of drug-likeness (QED) is 0.882. The van der Waals surface area contributed by atoms with E-state index in [4.69, 9.17) is 0 Å². The van der Waals surface area contributed by atoms with Crippen LogP contribution in [0.25, 0.3) is 0 Å². The number of anilines is 1. The van der Waals surface area contributed by atoms with Crippen molar-refractivity contribution >= 4 is 28.3 Å². The van der Waals surface area contributed by atoms with Crippen LogP contribution in [0.15, 0.2) is 36.5 Å². The molecule has 0 fully saturated rings. The number of benzene rings is 1. The number of aromatic nitrogens is 2. The molecule has 0 saturated carbocycles. The summed E-state index contributed by atoms with van der Waals surface area (Å²) in [4.78, 5) is 8.41. The average molecular weight is 325 g/mol. The molecule has 0 bridgehead atoms. The van der Waals surface area contributed by atoms with Crippen LogP contribution in [-0.2, 0) is 6.54 Å². The summed E-state index contributed by atoms with van der Waals surface area (Å²) in [7, 11) is 0. The first kappa shape index (κ1) is 11.3. The highest BCUT2D eigenvalue weighted by Crippen LogP contribution is 2.17. The third kappa shape index (κ3) is 2.91. The lowest BCUT2D eigenvalue weighted by molar-refractivity contribution is 0.955. The van der Waals surface area contributed by atoms with Crippen molar-refractivity contribution in [3.63, 3.8) is 0 Å². The van der Waals surface area contributed by atoms with Gasteiger partial charge in [0.1, 0.15) is 5.82 Å². The summed E-state index contributed by atoms with van der Waals surface area (Å²) in [5.74, 6) is 0.807.